The molecule has 1 fully saturated rings. The Morgan fingerprint density at radius 3 is 2.84 bits per heavy atom. The van der Waals surface area contributed by atoms with Gasteiger partial charge >= 0.3 is 0 Å². The van der Waals surface area contributed by atoms with E-state index in [-0.39, 0.29) is 23.5 Å². The molecule has 0 aromatic carbocycles. The van der Waals surface area contributed by atoms with Crippen LogP contribution in [-0.2, 0) is 16.6 Å². The number of nitrogens with one attached hydrogen (secondary N) is 2. The van der Waals surface area contributed by atoms with Crippen LogP contribution in [0.15, 0.2) is 11.2 Å². The third-order valence-electron chi connectivity index (χ3n) is 3.19. The summed E-state index contributed by atoms with van der Waals surface area (Å²) < 4.78 is 28.9. The molecule has 2 rings (SSSR count). The fourth-order valence-electron chi connectivity index (χ4n) is 2.16. The van der Waals surface area contributed by atoms with Crippen LogP contribution in [0.5, 0.6) is 0 Å². The zero-order valence-electron chi connectivity index (χ0n) is 11.2. The summed E-state index contributed by atoms with van der Waals surface area (Å²) in [6, 6.07) is -0.0316. The Morgan fingerprint density at radius 2 is 2.32 bits per heavy atom. The zero-order valence-corrected chi connectivity index (χ0v) is 12.9. The van der Waals surface area contributed by atoms with Gasteiger partial charge in [0.15, 0.2) is 5.03 Å². The van der Waals surface area contributed by atoms with Crippen LogP contribution in [0.1, 0.15) is 25.6 Å². The summed E-state index contributed by atoms with van der Waals surface area (Å²) in [5, 5.41) is 3.30. The maximum absolute atomic E-state index is 12.2. The Morgan fingerprint density at radius 1 is 1.58 bits per heavy atom. The smallest absolute Gasteiger partial charge is 0.259 e. The first-order chi connectivity index (χ1) is 8.53. The van der Waals surface area contributed by atoms with Gasteiger partial charge in [-0.3, -0.25) is 0 Å². The summed E-state index contributed by atoms with van der Waals surface area (Å²) in [6.45, 7) is 6.14. The summed E-state index contributed by atoms with van der Waals surface area (Å²) in [5.41, 5.74) is 0. The number of nitrogens with zero attached hydrogens (tertiary/aromatic N) is 2. The molecule has 0 aliphatic carbocycles. The number of halogens is 1. The van der Waals surface area contributed by atoms with Crippen molar-refractivity contribution in [2.75, 3.05) is 13.1 Å². The lowest BCUT2D eigenvalue weighted by Crippen LogP contribution is -2.45. The molecule has 19 heavy (non-hydrogen) atoms. The summed E-state index contributed by atoms with van der Waals surface area (Å²) in [4.78, 5) is 4.11. The molecule has 6 nitrogen and oxygen atoms in total. The molecule has 0 bridgehead atoms. The van der Waals surface area contributed by atoms with Crippen molar-refractivity contribution in [2.45, 2.75) is 44.3 Å². The quantitative estimate of drug-likeness (QED) is 0.857. The van der Waals surface area contributed by atoms with Crippen molar-refractivity contribution in [3.8, 4) is 0 Å². The fourth-order valence-corrected chi connectivity index (χ4v) is 3.44. The summed E-state index contributed by atoms with van der Waals surface area (Å²) >= 11 is 0. The monoisotopic (exact) mass is 308 g/mol. The minimum Gasteiger partial charge on any atom is -0.334 e. The predicted octanol–water partition coefficient (Wildman–Crippen LogP) is 0.664. The molecule has 8 heteroatoms. The van der Waals surface area contributed by atoms with E-state index < -0.39 is 10.0 Å². The average Bonchev–Trinajstić information content (AvgIpc) is 2.72. The highest BCUT2D eigenvalue weighted by Crippen LogP contribution is 2.11. The first-order valence-corrected chi connectivity index (χ1v) is 7.78. The van der Waals surface area contributed by atoms with E-state index in [1.165, 1.54) is 0 Å². The van der Waals surface area contributed by atoms with Crippen LogP contribution < -0.4 is 10.0 Å². The van der Waals surface area contributed by atoms with Gasteiger partial charge in [0, 0.05) is 25.3 Å². The largest absolute Gasteiger partial charge is 0.334 e. The van der Waals surface area contributed by atoms with Gasteiger partial charge in [0.05, 0.1) is 0 Å². The van der Waals surface area contributed by atoms with Gasteiger partial charge in [0.2, 0.25) is 0 Å². The van der Waals surface area contributed by atoms with Crippen LogP contribution in [0.25, 0.3) is 0 Å². The number of hydrogen-bond donors (Lipinski definition) is 2. The molecule has 1 saturated heterocycles. The van der Waals surface area contributed by atoms with Gasteiger partial charge in [-0.25, -0.2) is 18.1 Å². The van der Waals surface area contributed by atoms with E-state index >= 15 is 0 Å². The Kier molecular flexibility index (Phi) is 5.79. The molecule has 0 radical (unpaired) electrons. The van der Waals surface area contributed by atoms with Crippen molar-refractivity contribution in [3.05, 3.63) is 12.0 Å². The molecule has 2 N–H and O–H groups in total. The SMILES string of the molecule is CCn1cc(S(=O)(=O)NC2CCCNC2)nc1C.Cl. The number of sulfonamides is 1. The number of aromatic nitrogens is 2. The third-order valence-corrected chi connectivity index (χ3v) is 4.58. The molecule has 1 unspecified atom stereocenters. The van der Waals surface area contributed by atoms with E-state index in [4.69, 9.17) is 0 Å². The maximum atomic E-state index is 12.2. The highest BCUT2D eigenvalue weighted by Gasteiger charge is 2.24. The van der Waals surface area contributed by atoms with E-state index in [1.807, 2.05) is 18.4 Å². The van der Waals surface area contributed by atoms with E-state index in [0.717, 1.165) is 31.8 Å². The molecule has 1 aromatic rings. The first kappa shape index (κ1) is 16.4. The molecule has 0 spiro atoms. The molecule has 0 amide bonds. The van der Waals surface area contributed by atoms with Crippen LogP contribution in [0.4, 0.5) is 0 Å². The van der Waals surface area contributed by atoms with Gasteiger partial charge in [0.1, 0.15) is 5.82 Å². The minimum atomic E-state index is -3.49. The molecular weight excluding hydrogens is 288 g/mol. The fraction of sp³-hybridized carbons (Fsp3) is 0.727. The lowest BCUT2D eigenvalue weighted by atomic mass is 10.1. The van der Waals surface area contributed by atoms with Crippen molar-refractivity contribution < 1.29 is 8.42 Å². The molecule has 2 heterocycles. The van der Waals surface area contributed by atoms with Gasteiger partial charge < -0.3 is 9.88 Å². The Balaban J connectivity index is 0.00000180. The van der Waals surface area contributed by atoms with E-state index in [0.29, 0.717) is 6.54 Å². The molecular formula is C11H21ClN4O2S. The number of hydrogen-bond acceptors (Lipinski definition) is 4. The second kappa shape index (κ2) is 6.69. The normalized spacial score (nSPS) is 20.0. The third kappa shape index (κ3) is 3.92. The molecule has 110 valence electrons. The molecule has 0 saturated carbocycles. The summed E-state index contributed by atoms with van der Waals surface area (Å²) in [5.74, 6) is 0.722. The van der Waals surface area contributed by atoms with Crippen LogP contribution in [-0.4, -0.2) is 37.1 Å². The van der Waals surface area contributed by atoms with Crippen LogP contribution in [0.2, 0.25) is 0 Å². The van der Waals surface area contributed by atoms with Crippen LogP contribution in [0.3, 0.4) is 0 Å². The van der Waals surface area contributed by atoms with Crippen LogP contribution in [0, 0.1) is 6.92 Å². The van der Waals surface area contributed by atoms with Crippen molar-refractivity contribution in [3.63, 3.8) is 0 Å². The minimum absolute atomic E-state index is 0. The molecule has 1 aliphatic heterocycles. The summed E-state index contributed by atoms with van der Waals surface area (Å²) in [7, 11) is -3.49. The number of aryl methyl sites for hydroxylation is 2. The van der Waals surface area contributed by atoms with Gasteiger partial charge in [-0.15, -0.1) is 12.4 Å². The Hall–Kier alpha value is -0.630. The topological polar surface area (TPSA) is 76.0 Å². The van der Waals surface area contributed by atoms with Gasteiger partial charge in [-0.2, -0.15) is 0 Å². The maximum Gasteiger partial charge on any atom is 0.259 e. The highest BCUT2D eigenvalue weighted by atomic mass is 35.5. The van der Waals surface area contributed by atoms with Crippen molar-refractivity contribution in [1.29, 1.82) is 0 Å². The van der Waals surface area contributed by atoms with Gasteiger partial charge in [-0.1, -0.05) is 0 Å². The molecule has 1 aliphatic rings. The average molecular weight is 309 g/mol. The lowest BCUT2D eigenvalue weighted by Gasteiger charge is -2.23. The molecule has 1 aromatic heterocycles. The summed E-state index contributed by atoms with van der Waals surface area (Å²) in [6.07, 6.45) is 3.46. The Bertz CT molecular complexity index is 509. The van der Waals surface area contributed by atoms with Gasteiger partial charge in [-0.05, 0) is 33.2 Å². The number of piperidine rings is 1. The van der Waals surface area contributed by atoms with E-state index in [2.05, 4.69) is 15.0 Å². The molecule has 1 atom stereocenters. The first-order valence-electron chi connectivity index (χ1n) is 6.29. The second-order valence-electron chi connectivity index (χ2n) is 4.58. The highest BCUT2D eigenvalue weighted by molar-refractivity contribution is 7.89. The van der Waals surface area contributed by atoms with Crippen molar-refractivity contribution in [1.82, 2.24) is 19.6 Å². The van der Waals surface area contributed by atoms with E-state index in [1.54, 1.807) is 6.20 Å². The van der Waals surface area contributed by atoms with Crippen molar-refractivity contribution >= 4 is 22.4 Å². The zero-order chi connectivity index (χ0) is 13.2. The van der Waals surface area contributed by atoms with Crippen molar-refractivity contribution in [2.24, 2.45) is 0 Å². The number of imidazole rings is 1. The number of rotatable bonds is 4. The van der Waals surface area contributed by atoms with E-state index in [9.17, 15) is 8.42 Å². The van der Waals surface area contributed by atoms with Crippen LogP contribution >= 0.6 is 12.4 Å². The second-order valence-corrected chi connectivity index (χ2v) is 6.24. The lowest BCUT2D eigenvalue weighted by molar-refractivity contribution is 0.428. The predicted molar refractivity (Wildman–Crippen MR) is 76.1 cm³/mol. The Labute approximate surface area is 120 Å². The standard InChI is InChI=1S/C11H20N4O2S.ClH/c1-3-15-8-11(13-9(15)2)18(16,17)14-10-5-4-6-12-7-10;/h8,10,12,14H,3-7H2,1-2H3;1H. The van der Waals surface area contributed by atoms with Gasteiger partial charge in [0.25, 0.3) is 10.0 Å².